The molecule has 3 nitrogen and oxygen atoms in total. The van der Waals surface area contributed by atoms with Crippen molar-refractivity contribution < 1.29 is 8.42 Å². The minimum atomic E-state index is -2.91. The molecule has 0 aliphatic heterocycles. The Bertz CT molecular complexity index is 446. The largest absolute Gasteiger partial charge is 0.325 e. The van der Waals surface area contributed by atoms with Crippen LogP contribution in [-0.2, 0) is 9.84 Å². The van der Waals surface area contributed by atoms with Gasteiger partial charge in [0.1, 0.15) is 9.84 Å². The molecule has 0 aromatic rings. The number of rotatable bonds is 4. The van der Waals surface area contributed by atoms with Crippen LogP contribution >= 0.6 is 0 Å². The third kappa shape index (κ3) is 4.44. The van der Waals surface area contributed by atoms with E-state index >= 15 is 0 Å². The van der Waals surface area contributed by atoms with Crippen molar-refractivity contribution in [3.63, 3.8) is 0 Å². The zero-order valence-electron chi connectivity index (χ0n) is 14.0. The van der Waals surface area contributed by atoms with Gasteiger partial charge in [-0.25, -0.2) is 8.42 Å². The van der Waals surface area contributed by atoms with E-state index in [1.807, 2.05) is 0 Å². The highest BCUT2D eigenvalue weighted by molar-refractivity contribution is 7.91. The van der Waals surface area contributed by atoms with Crippen molar-refractivity contribution >= 4 is 9.84 Å². The van der Waals surface area contributed by atoms with Gasteiger partial charge in [0.2, 0.25) is 0 Å². The predicted molar refractivity (Wildman–Crippen MR) is 88.9 cm³/mol. The minimum Gasteiger partial charge on any atom is -0.325 e. The van der Waals surface area contributed by atoms with Gasteiger partial charge in [0.25, 0.3) is 0 Å². The van der Waals surface area contributed by atoms with Crippen LogP contribution in [0.1, 0.15) is 71.6 Å². The molecule has 2 fully saturated rings. The smallest absolute Gasteiger partial charge is 0.150 e. The summed E-state index contributed by atoms with van der Waals surface area (Å²) in [5, 5.41) is -0.151. The Morgan fingerprint density at radius 2 is 1.90 bits per heavy atom. The van der Waals surface area contributed by atoms with Crippen LogP contribution < -0.4 is 5.73 Å². The molecule has 0 saturated heterocycles. The van der Waals surface area contributed by atoms with E-state index in [2.05, 4.69) is 13.8 Å². The SMILES string of the molecule is CC(C)CC1CCCC(N)(C2CCCC(S(C)(=O)=O)C2)C1. The molecular formula is C17H33NO2S. The lowest BCUT2D eigenvalue weighted by Gasteiger charge is -2.46. The van der Waals surface area contributed by atoms with E-state index in [4.69, 9.17) is 5.73 Å². The average Bonchev–Trinajstić information content (AvgIpc) is 2.37. The van der Waals surface area contributed by atoms with Crippen LogP contribution in [0, 0.1) is 17.8 Å². The van der Waals surface area contributed by atoms with E-state index in [9.17, 15) is 8.42 Å². The zero-order chi connectivity index (χ0) is 15.7. The maximum Gasteiger partial charge on any atom is 0.150 e. The van der Waals surface area contributed by atoms with Crippen LogP contribution in [0.15, 0.2) is 0 Å². The molecule has 2 aliphatic carbocycles. The summed E-state index contributed by atoms with van der Waals surface area (Å²) in [7, 11) is -2.91. The van der Waals surface area contributed by atoms with E-state index in [1.54, 1.807) is 0 Å². The van der Waals surface area contributed by atoms with E-state index in [0.29, 0.717) is 5.92 Å². The first kappa shape index (κ1) is 17.3. The summed E-state index contributed by atoms with van der Waals surface area (Å²) < 4.78 is 23.8. The second-order valence-corrected chi connectivity index (χ2v) is 10.5. The van der Waals surface area contributed by atoms with Crippen molar-refractivity contribution in [1.82, 2.24) is 0 Å². The molecule has 124 valence electrons. The Morgan fingerprint density at radius 3 is 2.52 bits per heavy atom. The van der Waals surface area contributed by atoms with Crippen molar-refractivity contribution in [1.29, 1.82) is 0 Å². The van der Waals surface area contributed by atoms with Gasteiger partial charge in [-0.1, -0.05) is 33.1 Å². The quantitative estimate of drug-likeness (QED) is 0.863. The third-order valence-corrected chi connectivity index (χ3v) is 7.41. The van der Waals surface area contributed by atoms with Gasteiger partial charge in [-0.2, -0.15) is 0 Å². The van der Waals surface area contributed by atoms with Crippen LogP contribution in [0.5, 0.6) is 0 Å². The first-order valence-corrected chi connectivity index (χ1v) is 10.6. The Labute approximate surface area is 131 Å². The van der Waals surface area contributed by atoms with Crippen molar-refractivity contribution in [2.75, 3.05) is 6.26 Å². The second kappa shape index (κ2) is 6.57. The number of sulfone groups is 1. The van der Waals surface area contributed by atoms with Crippen LogP contribution in [0.4, 0.5) is 0 Å². The van der Waals surface area contributed by atoms with Crippen LogP contribution in [-0.4, -0.2) is 25.5 Å². The Hall–Kier alpha value is -0.0900. The molecule has 2 N–H and O–H groups in total. The number of hydrogen-bond acceptors (Lipinski definition) is 3. The fourth-order valence-corrected chi connectivity index (χ4v) is 5.93. The number of hydrogen-bond donors (Lipinski definition) is 1. The molecule has 2 aliphatic rings. The van der Waals surface area contributed by atoms with Gasteiger partial charge < -0.3 is 5.73 Å². The van der Waals surface area contributed by atoms with Crippen LogP contribution in [0.2, 0.25) is 0 Å². The molecular weight excluding hydrogens is 282 g/mol. The van der Waals surface area contributed by atoms with Gasteiger partial charge in [0.05, 0.1) is 5.25 Å². The molecule has 21 heavy (non-hydrogen) atoms. The van der Waals surface area contributed by atoms with Gasteiger partial charge in [-0.05, 0) is 56.3 Å². The maximum atomic E-state index is 11.9. The maximum absolute atomic E-state index is 11.9. The van der Waals surface area contributed by atoms with Gasteiger partial charge in [-0.3, -0.25) is 0 Å². The fourth-order valence-electron chi connectivity index (χ4n) is 4.76. The number of nitrogens with two attached hydrogens (primary N) is 1. The summed E-state index contributed by atoms with van der Waals surface area (Å²) in [6.07, 6.45) is 11.1. The van der Waals surface area contributed by atoms with Crippen LogP contribution in [0.25, 0.3) is 0 Å². The first-order chi connectivity index (χ1) is 9.71. The second-order valence-electron chi connectivity index (χ2n) is 8.14. The van der Waals surface area contributed by atoms with Crippen molar-refractivity contribution in [2.45, 2.75) is 82.4 Å². The van der Waals surface area contributed by atoms with Crippen molar-refractivity contribution in [3.8, 4) is 0 Å². The molecule has 0 radical (unpaired) electrons. The Balaban J connectivity index is 2.04. The van der Waals surface area contributed by atoms with Gasteiger partial charge in [0.15, 0.2) is 0 Å². The molecule has 0 amide bonds. The lowest BCUT2D eigenvalue weighted by molar-refractivity contribution is 0.114. The monoisotopic (exact) mass is 315 g/mol. The highest BCUT2D eigenvalue weighted by Gasteiger charge is 2.43. The molecule has 2 rings (SSSR count). The highest BCUT2D eigenvalue weighted by Crippen LogP contribution is 2.44. The topological polar surface area (TPSA) is 60.2 Å². The van der Waals surface area contributed by atoms with E-state index in [-0.39, 0.29) is 10.8 Å². The predicted octanol–water partition coefficient (Wildman–Crippen LogP) is 3.52. The van der Waals surface area contributed by atoms with Crippen LogP contribution in [0.3, 0.4) is 0 Å². The summed E-state index contributed by atoms with van der Waals surface area (Å²) in [6, 6.07) is 0. The average molecular weight is 316 g/mol. The molecule has 2 saturated carbocycles. The lowest BCUT2D eigenvalue weighted by Crippen LogP contribution is -2.53. The zero-order valence-corrected chi connectivity index (χ0v) is 14.8. The van der Waals surface area contributed by atoms with E-state index < -0.39 is 9.84 Å². The standard InChI is InChI=1S/C17H33NO2S/c1-13(2)10-14-6-5-9-17(18,12-14)15-7-4-8-16(11-15)21(3,19)20/h13-16H,4-12,18H2,1-3H3. The van der Waals surface area contributed by atoms with E-state index in [1.165, 1.54) is 25.5 Å². The van der Waals surface area contributed by atoms with Gasteiger partial charge in [-0.15, -0.1) is 0 Å². The highest BCUT2D eigenvalue weighted by atomic mass is 32.2. The molecule has 0 heterocycles. The fraction of sp³-hybridized carbons (Fsp3) is 1.00. The first-order valence-electron chi connectivity index (χ1n) is 8.68. The molecule has 4 atom stereocenters. The minimum absolute atomic E-state index is 0.110. The van der Waals surface area contributed by atoms with E-state index in [0.717, 1.165) is 50.4 Å². The molecule has 0 aromatic heterocycles. The lowest BCUT2D eigenvalue weighted by atomic mass is 9.64. The van der Waals surface area contributed by atoms with Gasteiger partial charge in [0, 0.05) is 11.8 Å². The molecule has 4 unspecified atom stereocenters. The van der Waals surface area contributed by atoms with Crippen molar-refractivity contribution in [2.24, 2.45) is 23.5 Å². The summed E-state index contributed by atoms with van der Waals surface area (Å²) in [6.45, 7) is 4.57. The summed E-state index contributed by atoms with van der Waals surface area (Å²) in [4.78, 5) is 0. The normalized spacial score (nSPS) is 38.6. The third-order valence-electron chi connectivity index (χ3n) is 5.77. The molecule has 4 heteroatoms. The summed E-state index contributed by atoms with van der Waals surface area (Å²) in [5.74, 6) is 1.87. The Kier molecular flexibility index (Phi) is 5.40. The summed E-state index contributed by atoms with van der Waals surface area (Å²) in [5.41, 5.74) is 6.70. The Morgan fingerprint density at radius 1 is 1.19 bits per heavy atom. The molecule has 0 spiro atoms. The summed E-state index contributed by atoms with van der Waals surface area (Å²) >= 11 is 0. The molecule has 0 aromatic carbocycles. The molecule has 0 bridgehead atoms. The van der Waals surface area contributed by atoms with Gasteiger partial charge >= 0.3 is 0 Å². The van der Waals surface area contributed by atoms with Crippen molar-refractivity contribution in [3.05, 3.63) is 0 Å².